The lowest BCUT2D eigenvalue weighted by molar-refractivity contribution is 0.137. The molecule has 2 nitrogen and oxygen atoms in total. The van der Waals surface area contributed by atoms with Crippen molar-refractivity contribution < 1.29 is 0 Å². The highest BCUT2D eigenvalue weighted by Crippen LogP contribution is 2.21. The van der Waals surface area contributed by atoms with E-state index in [-0.39, 0.29) is 0 Å². The molecule has 1 saturated heterocycles. The molecule has 0 radical (unpaired) electrons. The number of likely N-dealkylation sites (tertiary alicyclic amines) is 1. The summed E-state index contributed by atoms with van der Waals surface area (Å²) in [4.78, 5) is 2.63. The zero-order valence-electron chi connectivity index (χ0n) is 10.7. The van der Waals surface area contributed by atoms with Crippen molar-refractivity contribution in [1.29, 1.82) is 0 Å². The first-order chi connectivity index (χ1) is 7.17. The predicted octanol–water partition coefficient (Wildman–Crippen LogP) is 2.34. The Morgan fingerprint density at radius 1 is 1.40 bits per heavy atom. The Hall–Kier alpha value is -0.0800. The number of hydrogen-bond acceptors (Lipinski definition) is 2. The summed E-state index contributed by atoms with van der Waals surface area (Å²) in [6.45, 7) is 11.5. The molecule has 2 N–H and O–H groups in total. The van der Waals surface area contributed by atoms with Crippen LogP contribution >= 0.6 is 0 Å². The molecule has 0 amide bonds. The van der Waals surface area contributed by atoms with Crippen molar-refractivity contribution in [2.45, 2.75) is 40.0 Å². The monoisotopic (exact) mass is 212 g/mol. The Bertz CT molecular complexity index is 168. The van der Waals surface area contributed by atoms with Crippen LogP contribution in [0.4, 0.5) is 0 Å². The van der Waals surface area contributed by atoms with Crippen LogP contribution < -0.4 is 5.73 Å². The van der Waals surface area contributed by atoms with Crippen LogP contribution in [0.3, 0.4) is 0 Å². The minimum absolute atomic E-state index is 0.681. The zero-order chi connectivity index (χ0) is 11.3. The van der Waals surface area contributed by atoms with Gasteiger partial charge in [-0.1, -0.05) is 27.2 Å². The average molecular weight is 212 g/mol. The summed E-state index contributed by atoms with van der Waals surface area (Å²) in [6, 6.07) is 0. The third kappa shape index (κ3) is 4.12. The van der Waals surface area contributed by atoms with E-state index in [0.717, 1.165) is 18.4 Å². The zero-order valence-corrected chi connectivity index (χ0v) is 10.7. The summed E-state index contributed by atoms with van der Waals surface area (Å²) < 4.78 is 0. The molecule has 0 aromatic heterocycles. The van der Waals surface area contributed by atoms with Gasteiger partial charge in [-0.3, -0.25) is 0 Å². The van der Waals surface area contributed by atoms with Crippen molar-refractivity contribution in [3.63, 3.8) is 0 Å². The fraction of sp³-hybridized carbons (Fsp3) is 1.00. The lowest BCUT2D eigenvalue weighted by atomic mass is 9.91. The molecule has 1 fully saturated rings. The van der Waals surface area contributed by atoms with E-state index in [1.54, 1.807) is 0 Å². The molecule has 1 aliphatic heterocycles. The van der Waals surface area contributed by atoms with Crippen molar-refractivity contribution >= 4 is 0 Å². The first kappa shape index (κ1) is 13.0. The second-order valence-corrected chi connectivity index (χ2v) is 5.42. The van der Waals surface area contributed by atoms with Gasteiger partial charge in [-0.25, -0.2) is 0 Å². The maximum atomic E-state index is 5.83. The largest absolute Gasteiger partial charge is 0.330 e. The second-order valence-electron chi connectivity index (χ2n) is 5.42. The summed E-state index contributed by atoms with van der Waals surface area (Å²) in [5.41, 5.74) is 5.83. The number of hydrogen-bond donors (Lipinski definition) is 1. The summed E-state index contributed by atoms with van der Waals surface area (Å²) in [7, 11) is 0. The summed E-state index contributed by atoms with van der Waals surface area (Å²) in [5, 5.41) is 0. The summed E-state index contributed by atoms with van der Waals surface area (Å²) in [6.07, 6.45) is 4.15. The maximum absolute atomic E-state index is 5.83. The molecule has 1 aliphatic rings. The molecule has 90 valence electrons. The van der Waals surface area contributed by atoms with Gasteiger partial charge in [0.2, 0.25) is 0 Å². The van der Waals surface area contributed by atoms with Gasteiger partial charge < -0.3 is 10.6 Å². The topological polar surface area (TPSA) is 29.3 Å². The van der Waals surface area contributed by atoms with Crippen LogP contribution in [0.5, 0.6) is 0 Å². The molecule has 15 heavy (non-hydrogen) atoms. The minimum atomic E-state index is 0.681. The van der Waals surface area contributed by atoms with Crippen LogP contribution in [-0.4, -0.2) is 31.1 Å². The third-order valence-electron chi connectivity index (χ3n) is 3.92. The molecule has 2 atom stereocenters. The molecule has 1 rings (SSSR count). The third-order valence-corrected chi connectivity index (χ3v) is 3.92. The molecule has 0 aromatic carbocycles. The van der Waals surface area contributed by atoms with E-state index in [4.69, 9.17) is 5.73 Å². The predicted molar refractivity (Wildman–Crippen MR) is 66.8 cm³/mol. The van der Waals surface area contributed by atoms with Crippen LogP contribution in [-0.2, 0) is 0 Å². The van der Waals surface area contributed by atoms with E-state index >= 15 is 0 Å². The fourth-order valence-corrected chi connectivity index (χ4v) is 2.54. The molecule has 2 heteroatoms. The molecule has 0 bridgehead atoms. The standard InChI is InChI=1S/C13H28N2/c1-4-12-6-5-7-15(9-12)10-13(8-14)11(2)3/h11-13H,4-10,14H2,1-3H3. The fourth-order valence-electron chi connectivity index (χ4n) is 2.54. The Labute approximate surface area is 95.2 Å². The van der Waals surface area contributed by atoms with E-state index in [2.05, 4.69) is 25.7 Å². The normalized spacial score (nSPS) is 25.8. The van der Waals surface area contributed by atoms with Gasteiger partial charge in [0.15, 0.2) is 0 Å². The van der Waals surface area contributed by atoms with Gasteiger partial charge in [-0.05, 0) is 43.7 Å². The van der Waals surface area contributed by atoms with E-state index < -0.39 is 0 Å². The van der Waals surface area contributed by atoms with Crippen molar-refractivity contribution in [3.05, 3.63) is 0 Å². The van der Waals surface area contributed by atoms with E-state index in [0.29, 0.717) is 5.92 Å². The van der Waals surface area contributed by atoms with E-state index in [9.17, 15) is 0 Å². The van der Waals surface area contributed by atoms with Crippen molar-refractivity contribution in [1.82, 2.24) is 4.90 Å². The van der Waals surface area contributed by atoms with Gasteiger partial charge in [-0.2, -0.15) is 0 Å². The molecule has 0 spiro atoms. The van der Waals surface area contributed by atoms with Crippen LogP contribution in [0.25, 0.3) is 0 Å². The number of nitrogens with two attached hydrogens (primary N) is 1. The highest BCUT2D eigenvalue weighted by atomic mass is 15.1. The smallest absolute Gasteiger partial charge is 0.00243 e. The molecule has 0 aromatic rings. The van der Waals surface area contributed by atoms with Crippen LogP contribution in [0.15, 0.2) is 0 Å². The number of nitrogens with zero attached hydrogens (tertiary/aromatic N) is 1. The Morgan fingerprint density at radius 3 is 2.67 bits per heavy atom. The minimum Gasteiger partial charge on any atom is -0.330 e. The van der Waals surface area contributed by atoms with Gasteiger partial charge in [-0.15, -0.1) is 0 Å². The lowest BCUT2D eigenvalue weighted by Gasteiger charge is -2.35. The SMILES string of the molecule is CCC1CCCN(CC(CN)C(C)C)C1. The molecule has 1 heterocycles. The Balaban J connectivity index is 2.36. The Morgan fingerprint density at radius 2 is 2.13 bits per heavy atom. The first-order valence-electron chi connectivity index (χ1n) is 6.59. The van der Waals surface area contributed by atoms with Crippen molar-refractivity contribution in [2.24, 2.45) is 23.5 Å². The number of piperidine rings is 1. The molecular weight excluding hydrogens is 184 g/mol. The Kier molecular flexibility index (Phi) is 5.62. The van der Waals surface area contributed by atoms with Gasteiger partial charge in [0, 0.05) is 13.1 Å². The van der Waals surface area contributed by atoms with Gasteiger partial charge in [0.05, 0.1) is 0 Å². The van der Waals surface area contributed by atoms with E-state index in [1.165, 1.54) is 38.9 Å². The summed E-state index contributed by atoms with van der Waals surface area (Å²) in [5.74, 6) is 2.34. The van der Waals surface area contributed by atoms with Gasteiger partial charge >= 0.3 is 0 Å². The van der Waals surface area contributed by atoms with Crippen LogP contribution in [0.1, 0.15) is 40.0 Å². The summed E-state index contributed by atoms with van der Waals surface area (Å²) >= 11 is 0. The highest BCUT2D eigenvalue weighted by Gasteiger charge is 2.21. The van der Waals surface area contributed by atoms with Crippen molar-refractivity contribution in [3.8, 4) is 0 Å². The number of rotatable bonds is 5. The quantitative estimate of drug-likeness (QED) is 0.758. The highest BCUT2D eigenvalue weighted by molar-refractivity contribution is 4.76. The molecule has 0 saturated carbocycles. The first-order valence-corrected chi connectivity index (χ1v) is 6.59. The maximum Gasteiger partial charge on any atom is 0.00243 e. The lowest BCUT2D eigenvalue weighted by Crippen LogP contribution is -2.41. The van der Waals surface area contributed by atoms with E-state index in [1.807, 2.05) is 0 Å². The molecular formula is C13H28N2. The molecule has 0 aliphatic carbocycles. The second kappa shape index (κ2) is 6.49. The van der Waals surface area contributed by atoms with Crippen molar-refractivity contribution in [2.75, 3.05) is 26.2 Å². The van der Waals surface area contributed by atoms with Crippen LogP contribution in [0, 0.1) is 17.8 Å². The van der Waals surface area contributed by atoms with Gasteiger partial charge in [0.1, 0.15) is 0 Å². The van der Waals surface area contributed by atoms with Crippen LogP contribution in [0.2, 0.25) is 0 Å². The molecule has 2 unspecified atom stereocenters. The average Bonchev–Trinajstić information content (AvgIpc) is 2.25. The van der Waals surface area contributed by atoms with Gasteiger partial charge in [0.25, 0.3) is 0 Å².